The van der Waals surface area contributed by atoms with E-state index in [4.69, 9.17) is 5.26 Å². The summed E-state index contributed by atoms with van der Waals surface area (Å²) in [4.78, 5) is 1.30. The van der Waals surface area contributed by atoms with Crippen LogP contribution in [0.4, 0.5) is 14.5 Å². The van der Waals surface area contributed by atoms with Crippen LogP contribution in [0.25, 0.3) is 0 Å². The smallest absolute Gasteiger partial charge is 0.167 e. The Morgan fingerprint density at radius 1 is 1.22 bits per heavy atom. The molecule has 1 aromatic rings. The predicted molar refractivity (Wildman–Crippen MR) is 62.3 cm³/mol. The minimum absolute atomic E-state index is 0.116. The normalized spacial score (nSPS) is 19.1. The number of anilines is 1. The molecule has 92 valence electrons. The Morgan fingerprint density at radius 3 is 2.39 bits per heavy atom. The van der Waals surface area contributed by atoms with Crippen molar-refractivity contribution in [3.63, 3.8) is 0 Å². The van der Waals surface area contributed by atoms with Crippen molar-refractivity contribution in [2.45, 2.75) is 13.2 Å². The van der Waals surface area contributed by atoms with Crippen molar-refractivity contribution < 1.29 is 13.9 Å². The monoisotopic (exact) mass is 248 g/mol. The lowest BCUT2D eigenvalue weighted by Crippen LogP contribution is -2.36. The maximum Gasteiger partial charge on any atom is 0.167 e. The maximum absolute atomic E-state index is 13.2. The number of halogens is 2. The summed E-state index contributed by atoms with van der Waals surface area (Å²) in [6.45, 7) is 1.68. The van der Waals surface area contributed by atoms with Gasteiger partial charge in [-0.05, 0) is 31.2 Å². The number of allylic oxidation sites excluding steroid dienone is 3. The van der Waals surface area contributed by atoms with Crippen molar-refractivity contribution in [1.82, 2.24) is 0 Å². The topological polar surface area (TPSA) is 47.3 Å². The second-order valence-electron chi connectivity index (χ2n) is 3.91. The Hall–Kier alpha value is -2.19. The number of aliphatic hydroxyl groups excluding tert-OH is 1. The molecule has 1 aromatic carbocycles. The van der Waals surface area contributed by atoms with Gasteiger partial charge >= 0.3 is 0 Å². The lowest BCUT2D eigenvalue weighted by Gasteiger charge is -2.32. The fourth-order valence-corrected chi connectivity index (χ4v) is 1.83. The number of hydrogen-bond donors (Lipinski definition) is 1. The van der Waals surface area contributed by atoms with Crippen LogP contribution in [0.5, 0.6) is 0 Å². The maximum atomic E-state index is 13.2. The number of rotatable bonds is 1. The highest BCUT2D eigenvalue weighted by atomic mass is 19.1. The van der Waals surface area contributed by atoms with Crippen molar-refractivity contribution in [3.05, 3.63) is 53.3 Å². The summed E-state index contributed by atoms with van der Waals surface area (Å²) in [5, 5.41) is 18.8. The first-order valence-corrected chi connectivity index (χ1v) is 5.25. The number of hydrogen-bond acceptors (Lipinski definition) is 3. The number of benzene rings is 1. The first-order chi connectivity index (χ1) is 8.52. The molecule has 2 rings (SSSR count). The van der Waals surface area contributed by atoms with Crippen LogP contribution in [0, 0.1) is 23.0 Å². The van der Waals surface area contributed by atoms with Crippen LogP contribution in [0.2, 0.25) is 0 Å². The van der Waals surface area contributed by atoms with Crippen LogP contribution >= 0.6 is 0 Å². The molecule has 0 aliphatic carbocycles. The molecular weight excluding hydrogens is 238 g/mol. The minimum atomic E-state index is -1.23. The molecule has 5 heteroatoms. The van der Waals surface area contributed by atoms with E-state index in [1.54, 1.807) is 13.0 Å². The van der Waals surface area contributed by atoms with Crippen molar-refractivity contribution in [2.75, 3.05) is 4.90 Å². The summed E-state index contributed by atoms with van der Waals surface area (Å²) in [5.74, 6) is -1.48. The van der Waals surface area contributed by atoms with Gasteiger partial charge in [0.15, 0.2) is 6.23 Å². The molecule has 1 atom stereocenters. The molecule has 1 aliphatic rings. The summed E-state index contributed by atoms with van der Waals surface area (Å²) in [5.41, 5.74) is 0.867. The van der Waals surface area contributed by atoms with E-state index in [2.05, 4.69) is 0 Å². The second-order valence-corrected chi connectivity index (χ2v) is 3.91. The van der Waals surface area contributed by atoms with Gasteiger partial charge in [0.1, 0.15) is 11.6 Å². The molecule has 0 spiro atoms. The molecular formula is C13H10F2N2O. The third kappa shape index (κ3) is 2.11. The van der Waals surface area contributed by atoms with Gasteiger partial charge in [0.2, 0.25) is 0 Å². The van der Waals surface area contributed by atoms with Gasteiger partial charge in [-0.25, -0.2) is 8.78 Å². The van der Waals surface area contributed by atoms with Crippen LogP contribution in [-0.2, 0) is 0 Å². The Morgan fingerprint density at radius 2 is 1.83 bits per heavy atom. The first-order valence-electron chi connectivity index (χ1n) is 5.25. The molecule has 1 aliphatic heterocycles. The third-order valence-electron chi connectivity index (χ3n) is 2.66. The molecule has 0 saturated carbocycles. The summed E-state index contributed by atoms with van der Waals surface area (Å²) in [6.07, 6.45) is 1.85. The van der Waals surface area contributed by atoms with Gasteiger partial charge in [-0.2, -0.15) is 5.26 Å². The van der Waals surface area contributed by atoms with E-state index < -0.39 is 17.9 Å². The van der Waals surface area contributed by atoms with E-state index in [-0.39, 0.29) is 11.3 Å². The zero-order valence-electron chi connectivity index (χ0n) is 9.56. The van der Waals surface area contributed by atoms with Crippen LogP contribution in [0.15, 0.2) is 41.6 Å². The Balaban J connectivity index is 2.48. The summed E-state index contributed by atoms with van der Waals surface area (Å²) >= 11 is 0. The van der Waals surface area contributed by atoms with Gasteiger partial charge in [-0.1, -0.05) is 0 Å². The molecule has 1 heterocycles. The summed E-state index contributed by atoms with van der Waals surface area (Å²) in [6, 6.07) is 4.79. The van der Waals surface area contributed by atoms with Gasteiger partial charge in [0.25, 0.3) is 0 Å². The van der Waals surface area contributed by atoms with E-state index in [0.717, 1.165) is 18.2 Å². The van der Waals surface area contributed by atoms with Gasteiger partial charge < -0.3 is 10.0 Å². The number of nitrogens with zero attached hydrogens (tertiary/aromatic N) is 2. The van der Waals surface area contributed by atoms with E-state index >= 15 is 0 Å². The second kappa shape index (κ2) is 4.59. The molecule has 0 bridgehead atoms. The fourth-order valence-electron chi connectivity index (χ4n) is 1.83. The van der Waals surface area contributed by atoms with Crippen molar-refractivity contribution in [3.8, 4) is 6.07 Å². The highest BCUT2D eigenvalue weighted by molar-refractivity contribution is 5.58. The van der Waals surface area contributed by atoms with Crippen LogP contribution in [0.1, 0.15) is 6.92 Å². The zero-order valence-corrected chi connectivity index (χ0v) is 9.56. The molecule has 0 aromatic heterocycles. The molecule has 0 radical (unpaired) electrons. The third-order valence-corrected chi connectivity index (χ3v) is 2.66. The van der Waals surface area contributed by atoms with E-state index in [0.29, 0.717) is 5.70 Å². The molecule has 0 amide bonds. The summed E-state index contributed by atoms with van der Waals surface area (Å²) in [7, 11) is 0. The van der Waals surface area contributed by atoms with Gasteiger partial charge in [-0.3, -0.25) is 0 Å². The van der Waals surface area contributed by atoms with E-state index in [9.17, 15) is 13.9 Å². The standard InChI is InChI=1S/C13H10F2N2O/c1-8-2-3-9(7-16)13(18)17(8)12-5-10(14)4-11(15)6-12/h2-6,13,18H,1H3. The van der Waals surface area contributed by atoms with Crippen LogP contribution in [-0.4, -0.2) is 11.3 Å². The Kier molecular flexibility index (Phi) is 3.13. The molecule has 1 N–H and O–H groups in total. The zero-order chi connectivity index (χ0) is 13.3. The molecule has 0 fully saturated rings. The average Bonchev–Trinajstić information content (AvgIpc) is 2.28. The molecule has 3 nitrogen and oxygen atoms in total. The lowest BCUT2D eigenvalue weighted by molar-refractivity contribution is 0.215. The lowest BCUT2D eigenvalue weighted by atomic mass is 10.1. The first kappa shape index (κ1) is 12.3. The van der Waals surface area contributed by atoms with E-state index in [1.807, 2.05) is 6.07 Å². The van der Waals surface area contributed by atoms with Crippen molar-refractivity contribution >= 4 is 5.69 Å². The number of nitriles is 1. The molecule has 1 unspecified atom stereocenters. The largest absolute Gasteiger partial charge is 0.368 e. The minimum Gasteiger partial charge on any atom is -0.368 e. The molecule has 18 heavy (non-hydrogen) atoms. The Labute approximate surface area is 103 Å². The van der Waals surface area contributed by atoms with Crippen molar-refractivity contribution in [1.29, 1.82) is 5.26 Å². The van der Waals surface area contributed by atoms with Gasteiger partial charge in [-0.15, -0.1) is 0 Å². The van der Waals surface area contributed by atoms with Crippen LogP contribution in [0.3, 0.4) is 0 Å². The highest BCUT2D eigenvalue weighted by Crippen LogP contribution is 2.28. The molecule has 0 saturated heterocycles. The van der Waals surface area contributed by atoms with Gasteiger partial charge in [0, 0.05) is 17.5 Å². The SMILES string of the molecule is CC1=CC=C(C#N)C(O)N1c1cc(F)cc(F)c1. The summed E-state index contributed by atoms with van der Waals surface area (Å²) < 4.78 is 26.3. The predicted octanol–water partition coefficient (Wildman–Crippen LogP) is 2.46. The van der Waals surface area contributed by atoms with Crippen molar-refractivity contribution in [2.24, 2.45) is 0 Å². The van der Waals surface area contributed by atoms with Crippen LogP contribution < -0.4 is 4.90 Å². The fraction of sp³-hybridized carbons (Fsp3) is 0.154. The van der Waals surface area contributed by atoms with Gasteiger partial charge in [0.05, 0.1) is 11.6 Å². The number of aliphatic hydroxyl groups is 1. The van der Waals surface area contributed by atoms with E-state index in [1.165, 1.54) is 11.0 Å². The quantitative estimate of drug-likeness (QED) is 0.830. The average molecular weight is 248 g/mol. The highest BCUT2D eigenvalue weighted by Gasteiger charge is 2.25. The Bertz CT molecular complexity index is 567.